The van der Waals surface area contributed by atoms with E-state index in [1.54, 1.807) is 0 Å². The second-order valence-corrected chi connectivity index (χ2v) is 13.7. The van der Waals surface area contributed by atoms with Crippen LogP contribution < -0.4 is 15.6 Å². The van der Waals surface area contributed by atoms with Crippen molar-refractivity contribution in [3.8, 4) is 69.0 Å². The van der Waals surface area contributed by atoms with Crippen LogP contribution in [0.4, 0.5) is 0 Å². The Balaban J connectivity index is 1.55. The fourth-order valence-corrected chi connectivity index (χ4v) is 9.22. The van der Waals surface area contributed by atoms with Crippen molar-refractivity contribution in [1.29, 1.82) is 0 Å². The molecule has 0 heterocycles. The molecule has 0 bridgehead atoms. The molecule has 0 amide bonds. The predicted octanol–water partition coefficient (Wildman–Crippen LogP) is 7.34. The molecule has 0 spiro atoms. The largest absolute Gasteiger partial charge is 0.231 e. The summed E-state index contributed by atoms with van der Waals surface area (Å²) in [5.41, 5.74) is 10.8. The highest BCUT2D eigenvalue weighted by Crippen LogP contribution is 2.22. The highest BCUT2D eigenvalue weighted by Gasteiger charge is 2.38. The Labute approximate surface area is 255 Å². The van der Waals surface area contributed by atoms with Crippen molar-refractivity contribution in [3.05, 3.63) is 164 Å². The van der Waals surface area contributed by atoms with Crippen molar-refractivity contribution in [3.63, 3.8) is 0 Å². The van der Waals surface area contributed by atoms with E-state index < -0.39 is 8.07 Å². The van der Waals surface area contributed by atoms with Crippen LogP contribution >= 0.6 is 0 Å². The molecule has 0 atom stereocenters. The lowest BCUT2D eigenvalue weighted by atomic mass is 10.1. The van der Waals surface area contributed by atoms with Crippen LogP contribution in [0, 0.1) is 35.6 Å². The van der Waals surface area contributed by atoms with Crippen molar-refractivity contribution in [2.75, 3.05) is 0 Å². The molecular formula is C42H28Si. The zero-order chi connectivity index (χ0) is 29.3. The van der Waals surface area contributed by atoms with Crippen molar-refractivity contribution in [1.82, 2.24) is 0 Å². The second-order valence-electron chi connectivity index (χ2n) is 10.2. The van der Waals surface area contributed by atoms with Crippen LogP contribution in [-0.4, -0.2) is 8.07 Å². The zero-order valence-corrected chi connectivity index (χ0v) is 24.7. The minimum atomic E-state index is -2.88. The van der Waals surface area contributed by atoms with Gasteiger partial charge in [0.2, 0.25) is 8.07 Å². The maximum Gasteiger partial charge on any atom is 0.231 e. The summed E-state index contributed by atoms with van der Waals surface area (Å²) in [6.45, 7) is 0. The highest BCUT2D eigenvalue weighted by atomic mass is 28.3. The van der Waals surface area contributed by atoms with E-state index in [1.807, 2.05) is 18.2 Å². The average molecular weight is 561 g/mol. The SMILES string of the molecule is C#CC#CC#C[Si](c1ccc(-c2ccccc2)cc1)(c1ccc(-c2ccccc2)cc1)c1ccc(-c2ccccc2)cc1. The van der Waals surface area contributed by atoms with E-state index in [0.29, 0.717) is 0 Å². The summed E-state index contributed by atoms with van der Waals surface area (Å²) in [4.78, 5) is 0. The van der Waals surface area contributed by atoms with Crippen LogP contribution in [0.25, 0.3) is 33.4 Å². The first-order chi connectivity index (χ1) is 21.3. The summed E-state index contributed by atoms with van der Waals surface area (Å²) < 4.78 is 0. The maximum atomic E-state index is 5.45. The highest BCUT2D eigenvalue weighted by molar-refractivity contribution is 7.16. The minimum Gasteiger partial charge on any atom is -0.106 e. The number of terminal acetylenes is 1. The molecule has 200 valence electrons. The van der Waals surface area contributed by atoms with Crippen molar-refractivity contribution in [2.24, 2.45) is 0 Å². The molecular weight excluding hydrogens is 533 g/mol. The Morgan fingerprint density at radius 1 is 0.326 bits per heavy atom. The third kappa shape index (κ3) is 5.84. The molecule has 0 saturated heterocycles. The van der Waals surface area contributed by atoms with Gasteiger partial charge >= 0.3 is 0 Å². The molecule has 0 aliphatic rings. The van der Waals surface area contributed by atoms with E-state index in [4.69, 9.17) is 6.42 Å². The van der Waals surface area contributed by atoms with Gasteiger partial charge in [-0.2, -0.15) is 0 Å². The van der Waals surface area contributed by atoms with Crippen LogP contribution in [0.2, 0.25) is 0 Å². The molecule has 0 unspecified atom stereocenters. The molecule has 6 aromatic rings. The van der Waals surface area contributed by atoms with Gasteiger partial charge in [0, 0.05) is 0 Å². The van der Waals surface area contributed by atoms with Crippen LogP contribution in [0.15, 0.2) is 164 Å². The van der Waals surface area contributed by atoms with Crippen LogP contribution in [0.3, 0.4) is 0 Å². The average Bonchev–Trinajstić information content (AvgIpc) is 3.10. The maximum absolute atomic E-state index is 5.45. The predicted molar refractivity (Wildman–Crippen MR) is 185 cm³/mol. The minimum absolute atomic E-state index is 1.17. The Kier molecular flexibility index (Phi) is 8.16. The van der Waals surface area contributed by atoms with Crippen LogP contribution in [0.5, 0.6) is 0 Å². The van der Waals surface area contributed by atoms with Gasteiger partial charge in [0.05, 0.1) is 0 Å². The van der Waals surface area contributed by atoms with Gasteiger partial charge in [-0.25, -0.2) is 0 Å². The van der Waals surface area contributed by atoms with Crippen LogP contribution in [0.1, 0.15) is 0 Å². The Morgan fingerprint density at radius 2 is 0.628 bits per heavy atom. The van der Waals surface area contributed by atoms with E-state index in [1.165, 1.54) is 48.9 Å². The molecule has 0 fully saturated rings. The number of benzene rings is 6. The summed E-state index contributed by atoms with van der Waals surface area (Å²) in [5.74, 6) is 11.2. The summed E-state index contributed by atoms with van der Waals surface area (Å²) in [7, 11) is -2.88. The van der Waals surface area contributed by atoms with Gasteiger partial charge in [0.1, 0.15) is 0 Å². The van der Waals surface area contributed by atoms with Gasteiger partial charge in [-0.05, 0) is 72.6 Å². The third-order valence-corrected chi connectivity index (χ3v) is 11.8. The lowest BCUT2D eigenvalue weighted by molar-refractivity contribution is 1.61. The van der Waals surface area contributed by atoms with Gasteiger partial charge in [0.25, 0.3) is 0 Å². The Bertz CT molecular complexity index is 1780. The topological polar surface area (TPSA) is 0 Å². The van der Waals surface area contributed by atoms with Gasteiger partial charge in [0.15, 0.2) is 0 Å². The van der Waals surface area contributed by atoms with Crippen LogP contribution in [-0.2, 0) is 0 Å². The fourth-order valence-electron chi connectivity index (χ4n) is 5.54. The summed E-state index contributed by atoms with van der Waals surface area (Å²) in [6, 6.07) is 58.1. The number of hydrogen-bond acceptors (Lipinski definition) is 0. The Hall–Kier alpha value is -5.78. The van der Waals surface area contributed by atoms with Gasteiger partial charge in [-0.15, -0.1) is 12.0 Å². The van der Waals surface area contributed by atoms with E-state index in [2.05, 4.69) is 175 Å². The first-order valence-corrected chi connectivity index (χ1v) is 16.2. The summed E-state index contributed by atoms with van der Waals surface area (Å²) in [6.07, 6.45) is 5.45. The van der Waals surface area contributed by atoms with E-state index in [0.717, 1.165) is 0 Å². The number of rotatable bonds is 6. The Morgan fingerprint density at radius 3 is 0.930 bits per heavy atom. The van der Waals surface area contributed by atoms with Crippen molar-refractivity contribution < 1.29 is 0 Å². The van der Waals surface area contributed by atoms with Gasteiger partial charge < -0.3 is 0 Å². The summed E-state index contributed by atoms with van der Waals surface area (Å²) in [5, 5.41) is 3.59. The normalized spacial score (nSPS) is 10.4. The monoisotopic (exact) mass is 560 g/mol. The molecule has 0 radical (unpaired) electrons. The van der Waals surface area contributed by atoms with E-state index in [-0.39, 0.29) is 0 Å². The van der Waals surface area contributed by atoms with Gasteiger partial charge in [-0.1, -0.05) is 164 Å². The first kappa shape index (κ1) is 27.4. The molecule has 0 N–H and O–H groups in total. The molecule has 0 aromatic heterocycles. The molecule has 0 saturated carbocycles. The molecule has 1 heteroatoms. The van der Waals surface area contributed by atoms with E-state index >= 15 is 0 Å². The molecule has 0 aliphatic carbocycles. The molecule has 6 rings (SSSR count). The van der Waals surface area contributed by atoms with Crippen molar-refractivity contribution in [2.45, 2.75) is 0 Å². The first-order valence-electron chi connectivity index (χ1n) is 14.2. The van der Waals surface area contributed by atoms with Crippen molar-refractivity contribution >= 4 is 23.6 Å². The summed E-state index contributed by atoms with van der Waals surface area (Å²) >= 11 is 0. The molecule has 43 heavy (non-hydrogen) atoms. The molecule has 0 aliphatic heterocycles. The third-order valence-electron chi connectivity index (χ3n) is 7.72. The lowest BCUT2D eigenvalue weighted by Gasteiger charge is -2.28. The molecule has 6 aromatic carbocycles. The van der Waals surface area contributed by atoms with E-state index in [9.17, 15) is 0 Å². The quantitative estimate of drug-likeness (QED) is 0.114. The second kappa shape index (κ2) is 12.8. The lowest BCUT2D eigenvalue weighted by Crippen LogP contribution is -2.66. The van der Waals surface area contributed by atoms with Gasteiger partial charge in [-0.3, -0.25) is 0 Å². The molecule has 0 nitrogen and oxygen atoms in total. The number of hydrogen-bond donors (Lipinski definition) is 0. The standard InChI is InChI=1S/C42H28Si/c1-2-3-4-14-33-43(40-27-21-37(22-28-40)34-15-8-5-9-16-34,41-29-23-38(24-30-41)35-17-10-6-11-18-35)42-31-25-39(26-32-42)36-19-12-7-13-20-36/h1,5-13,15-32H. The zero-order valence-electron chi connectivity index (χ0n) is 23.7. The fraction of sp³-hybridized carbons (Fsp3) is 0. The smallest absolute Gasteiger partial charge is 0.106 e.